The average Bonchev–Trinajstić information content (AvgIpc) is 3.28. The summed E-state index contributed by atoms with van der Waals surface area (Å²) in [5.41, 5.74) is -3.29. The van der Waals surface area contributed by atoms with Crippen molar-refractivity contribution in [2.24, 2.45) is 20.5 Å². The van der Waals surface area contributed by atoms with Gasteiger partial charge in [-0.2, -0.15) is 46.8 Å². The van der Waals surface area contributed by atoms with Crippen molar-refractivity contribution >= 4 is 116 Å². The maximum atomic E-state index is 13.7. The fraction of sp³-hybridized carbons (Fsp3) is 0.217. The Hall–Kier alpha value is -6.74. The Morgan fingerprint density at radius 2 is 0.900 bits per heavy atom. The molecule has 5 aromatic rings. The van der Waals surface area contributed by atoms with E-state index in [1.165, 1.54) is 36.4 Å². The van der Waals surface area contributed by atoms with Crippen LogP contribution in [0.15, 0.2) is 105 Å². The fourth-order valence-corrected chi connectivity index (χ4v) is 7.20. The third-order valence-electron chi connectivity index (χ3n) is 9.94. The van der Waals surface area contributed by atoms with E-state index in [0.717, 1.165) is 62.4 Å². The summed E-state index contributed by atoms with van der Waals surface area (Å²) in [4.78, 5) is 78.8. The van der Waals surface area contributed by atoms with Crippen LogP contribution in [0, 0.1) is 0 Å². The second kappa shape index (κ2) is 22.8. The van der Waals surface area contributed by atoms with E-state index in [4.69, 9.17) is 46.4 Å². The van der Waals surface area contributed by atoms with Crippen LogP contribution >= 0.6 is 46.4 Å². The third-order valence-corrected chi connectivity index (χ3v) is 11.2. The number of nitrogens with zero attached hydrogens (tertiary/aromatic N) is 4. The minimum atomic E-state index is -4.85. The van der Waals surface area contributed by atoms with Crippen molar-refractivity contribution in [3.05, 3.63) is 138 Å². The summed E-state index contributed by atoms with van der Waals surface area (Å²) in [6.07, 6.45) is -9.18. The molecule has 0 saturated carbocycles. The van der Waals surface area contributed by atoms with Gasteiger partial charge in [-0.25, -0.2) is 0 Å². The standard InChI is InChI=1S/C46H36Cl4F6N8O6/c1-5-23-17-27(57-43(69)36(21(3)65)63-61-34-19-25(13-15-30(34)47)41(67)59-39-28(45(51,52)53)9-7-11-32(39)49)18-24(6-2)38(23)58-44(70)37(22(4)66)64-62-35-20-26(14-16-31(35)48)42(68)60-40-29(46(54,55)56)10-8-12-33(40)50/h7-20,36-37H,5-6H2,1-4H3,(H,57,69)(H,58,70)(H,59,67)(H,60,68). The Bertz CT molecular complexity index is 2940. The highest BCUT2D eigenvalue weighted by Crippen LogP contribution is 2.41. The van der Waals surface area contributed by atoms with Gasteiger partial charge in [-0.05, 0) is 111 Å². The summed E-state index contributed by atoms with van der Waals surface area (Å²) in [5.74, 6) is -5.45. The molecule has 0 bridgehead atoms. The number of alkyl halides is 6. The number of aryl methyl sites for hydroxylation is 2. The minimum absolute atomic E-state index is 0.0920. The maximum absolute atomic E-state index is 13.7. The lowest BCUT2D eigenvalue weighted by molar-refractivity contribution is -0.137. The lowest BCUT2D eigenvalue weighted by Crippen LogP contribution is -2.33. The molecule has 0 aliphatic heterocycles. The molecule has 0 fully saturated rings. The van der Waals surface area contributed by atoms with Gasteiger partial charge in [-0.3, -0.25) is 28.8 Å². The van der Waals surface area contributed by atoms with Crippen molar-refractivity contribution in [1.82, 2.24) is 0 Å². The number of nitrogens with one attached hydrogen (secondary N) is 4. The number of carbonyl (C=O) groups is 6. The van der Waals surface area contributed by atoms with Gasteiger partial charge in [0.2, 0.25) is 12.1 Å². The number of carbonyl (C=O) groups excluding carboxylic acids is 6. The lowest BCUT2D eigenvalue weighted by Gasteiger charge is -2.19. The molecule has 0 aliphatic carbocycles. The van der Waals surface area contributed by atoms with E-state index < -0.39 is 82.1 Å². The molecule has 2 atom stereocenters. The number of para-hydroxylation sites is 2. The number of hydrogen-bond acceptors (Lipinski definition) is 10. The second-order valence-electron chi connectivity index (χ2n) is 14.9. The summed E-state index contributed by atoms with van der Waals surface area (Å²) in [6, 6.07) is 12.3. The Labute approximate surface area is 414 Å². The quantitative estimate of drug-likeness (QED) is 0.0430. The van der Waals surface area contributed by atoms with Crippen molar-refractivity contribution in [2.45, 2.75) is 65.0 Å². The largest absolute Gasteiger partial charge is 0.418 e. The summed E-state index contributed by atoms with van der Waals surface area (Å²) >= 11 is 24.5. The van der Waals surface area contributed by atoms with Gasteiger partial charge in [0.25, 0.3) is 23.6 Å². The van der Waals surface area contributed by atoms with Crippen LogP contribution < -0.4 is 21.3 Å². The molecule has 0 heterocycles. The summed E-state index contributed by atoms with van der Waals surface area (Å²) < 4.78 is 81.8. The van der Waals surface area contributed by atoms with Crippen molar-refractivity contribution in [3.63, 3.8) is 0 Å². The van der Waals surface area contributed by atoms with Crippen LogP contribution in [-0.2, 0) is 44.4 Å². The highest BCUT2D eigenvalue weighted by atomic mass is 35.5. The minimum Gasteiger partial charge on any atom is -0.324 e. The number of benzene rings is 5. The molecule has 70 heavy (non-hydrogen) atoms. The van der Waals surface area contributed by atoms with Crippen LogP contribution in [0.1, 0.15) is 70.7 Å². The number of amides is 4. The van der Waals surface area contributed by atoms with Crippen molar-refractivity contribution in [2.75, 3.05) is 21.3 Å². The van der Waals surface area contributed by atoms with E-state index in [0.29, 0.717) is 11.1 Å². The van der Waals surface area contributed by atoms with Gasteiger partial charge in [0.05, 0.1) is 42.6 Å². The first-order valence-corrected chi connectivity index (χ1v) is 21.9. The zero-order valence-corrected chi connectivity index (χ0v) is 39.7. The summed E-state index contributed by atoms with van der Waals surface area (Å²) in [7, 11) is 0. The predicted molar refractivity (Wildman–Crippen MR) is 252 cm³/mol. The number of rotatable bonds is 16. The highest BCUT2D eigenvalue weighted by Gasteiger charge is 2.36. The van der Waals surface area contributed by atoms with E-state index in [9.17, 15) is 55.1 Å². The molecule has 0 aromatic heterocycles. The number of anilines is 4. The SMILES string of the molecule is CCc1cc(NC(=O)C(N=Nc2cc(C(=O)Nc3c(Cl)cccc3C(F)(F)F)ccc2Cl)C(C)=O)cc(CC)c1NC(=O)C(N=Nc1cc(C(=O)Nc2c(Cl)cccc2C(F)(F)F)ccc1Cl)C(C)=O. The van der Waals surface area contributed by atoms with Gasteiger partial charge in [-0.1, -0.05) is 72.4 Å². The molecule has 14 nitrogen and oxygen atoms in total. The summed E-state index contributed by atoms with van der Waals surface area (Å²) in [5, 5.41) is 24.2. The Morgan fingerprint density at radius 3 is 1.26 bits per heavy atom. The zero-order chi connectivity index (χ0) is 51.8. The van der Waals surface area contributed by atoms with Crippen molar-refractivity contribution in [1.29, 1.82) is 0 Å². The lowest BCUT2D eigenvalue weighted by atomic mass is 10.0. The number of halogens is 10. The molecule has 0 aliphatic rings. The van der Waals surface area contributed by atoms with Gasteiger partial charge in [0, 0.05) is 22.5 Å². The molecule has 2 unspecified atom stereocenters. The predicted octanol–water partition coefficient (Wildman–Crippen LogP) is 13.3. The molecular formula is C46H36Cl4F6N8O6. The molecule has 0 radical (unpaired) electrons. The van der Waals surface area contributed by atoms with Crippen LogP contribution in [0.25, 0.3) is 0 Å². The smallest absolute Gasteiger partial charge is 0.324 e. The fourth-order valence-electron chi connectivity index (χ4n) is 6.44. The first-order valence-electron chi connectivity index (χ1n) is 20.4. The van der Waals surface area contributed by atoms with E-state index >= 15 is 0 Å². The monoisotopic (exact) mass is 1050 g/mol. The van der Waals surface area contributed by atoms with Crippen LogP contribution in [0.4, 0.5) is 60.5 Å². The maximum Gasteiger partial charge on any atom is 0.418 e. The Morgan fingerprint density at radius 1 is 0.514 bits per heavy atom. The Balaban J connectivity index is 1.33. The first kappa shape index (κ1) is 54.2. The number of azo groups is 2. The number of hydrogen-bond donors (Lipinski definition) is 4. The van der Waals surface area contributed by atoms with Gasteiger partial charge in [0.1, 0.15) is 11.4 Å². The van der Waals surface area contributed by atoms with E-state index in [1.54, 1.807) is 13.8 Å². The molecule has 0 spiro atoms. The topological polar surface area (TPSA) is 200 Å². The van der Waals surface area contributed by atoms with Crippen molar-refractivity contribution < 1.29 is 55.1 Å². The molecule has 5 aromatic carbocycles. The van der Waals surface area contributed by atoms with E-state index in [2.05, 4.69) is 41.7 Å². The van der Waals surface area contributed by atoms with Gasteiger partial charge in [-0.15, -0.1) is 0 Å². The molecule has 4 amide bonds. The molecule has 366 valence electrons. The molecule has 0 saturated heterocycles. The molecule has 4 N–H and O–H groups in total. The molecule has 24 heteroatoms. The summed E-state index contributed by atoms with van der Waals surface area (Å²) in [6.45, 7) is 5.59. The van der Waals surface area contributed by atoms with E-state index in [-0.39, 0.29) is 66.8 Å². The van der Waals surface area contributed by atoms with Crippen LogP contribution in [0.3, 0.4) is 0 Å². The van der Waals surface area contributed by atoms with E-state index in [1.807, 2.05) is 0 Å². The molecule has 5 rings (SSSR count). The average molecular weight is 1050 g/mol. The Kier molecular flexibility index (Phi) is 17.6. The normalized spacial score (nSPS) is 12.7. The second-order valence-corrected chi connectivity index (χ2v) is 16.5. The zero-order valence-electron chi connectivity index (χ0n) is 36.7. The third kappa shape index (κ3) is 13.3. The van der Waals surface area contributed by atoms with Crippen LogP contribution in [0.2, 0.25) is 20.1 Å². The van der Waals surface area contributed by atoms with Crippen LogP contribution in [-0.4, -0.2) is 47.3 Å². The van der Waals surface area contributed by atoms with Gasteiger partial charge < -0.3 is 21.3 Å². The molecular weight excluding hydrogens is 1020 g/mol. The van der Waals surface area contributed by atoms with Gasteiger partial charge in [0.15, 0.2) is 11.6 Å². The first-order chi connectivity index (χ1) is 32.8. The number of Topliss-reactive ketones (excluding diaryl/α,β-unsaturated/α-hetero) is 2. The van der Waals surface area contributed by atoms with Crippen LogP contribution in [0.5, 0.6) is 0 Å². The highest BCUT2D eigenvalue weighted by molar-refractivity contribution is 6.35. The number of ketones is 2. The van der Waals surface area contributed by atoms with Crippen molar-refractivity contribution in [3.8, 4) is 0 Å². The van der Waals surface area contributed by atoms with Gasteiger partial charge >= 0.3 is 12.4 Å².